The molecule has 2 aromatic heterocycles. The van der Waals surface area contributed by atoms with Crippen LogP contribution in [0.25, 0.3) is 11.0 Å². The van der Waals surface area contributed by atoms with Crippen molar-refractivity contribution < 1.29 is 5.11 Å². The number of nitrogens with two attached hydrogens (primary N) is 1. The van der Waals surface area contributed by atoms with E-state index in [0.29, 0.717) is 5.82 Å². The largest absolute Gasteiger partial charge is 0.392 e. The molecule has 0 unspecified atom stereocenters. The first-order chi connectivity index (χ1) is 7.24. The fraction of sp³-hybridized carbons (Fsp3) is 0.400. The van der Waals surface area contributed by atoms with Gasteiger partial charge in [-0.05, 0) is 0 Å². The van der Waals surface area contributed by atoms with Gasteiger partial charge in [-0.2, -0.15) is 0 Å². The summed E-state index contributed by atoms with van der Waals surface area (Å²) in [5.74, 6) is 0.412. The first-order valence-electron chi connectivity index (χ1n) is 4.89. The first kappa shape index (κ1) is 11.5. The van der Waals surface area contributed by atoms with Crippen LogP contribution in [0.1, 0.15) is 19.4 Å². The molecule has 2 heterocycles. The topological polar surface area (TPSA) is 77.0 Å². The van der Waals surface area contributed by atoms with Gasteiger partial charge in [-0.3, -0.25) is 0 Å². The van der Waals surface area contributed by atoms with Crippen molar-refractivity contribution in [2.45, 2.75) is 20.5 Å². The molecule has 5 nitrogen and oxygen atoms in total. The predicted octanol–water partition coefficient (Wildman–Crippen LogP) is 1.07. The Bertz CT molecular complexity index is 450. The van der Waals surface area contributed by atoms with Gasteiger partial charge in [-0.1, -0.05) is 13.8 Å². The van der Waals surface area contributed by atoms with E-state index in [1.54, 1.807) is 6.20 Å². The summed E-state index contributed by atoms with van der Waals surface area (Å²) < 4.78 is 1.82. The van der Waals surface area contributed by atoms with Crippen molar-refractivity contribution in [3.8, 4) is 0 Å². The molecule has 82 valence electrons. The summed E-state index contributed by atoms with van der Waals surface area (Å²) >= 11 is 0. The second kappa shape index (κ2) is 4.75. The quantitative estimate of drug-likeness (QED) is 0.735. The van der Waals surface area contributed by atoms with E-state index in [1.165, 1.54) is 6.33 Å². The lowest BCUT2D eigenvalue weighted by Crippen LogP contribution is -1.94. The molecule has 0 atom stereocenters. The molecule has 0 fully saturated rings. The third-order valence-corrected chi connectivity index (χ3v) is 2.03. The van der Waals surface area contributed by atoms with Gasteiger partial charge in [0.15, 0.2) is 0 Å². The molecular formula is C10H16N4O. The van der Waals surface area contributed by atoms with Crippen LogP contribution in [0, 0.1) is 0 Å². The molecule has 0 amide bonds. The van der Waals surface area contributed by atoms with Gasteiger partial charge in [0.2, 0.25) is 0 Å². The molecule has 3 N–H and O–H groups in total. The molecular weight excluding hydrogens is 192 g/mol. The summed E-state index contributed by atoms with van der Waals surface area (Å²) in [6, 6.07) is 0. The fourth-order valence-electron chi connectivity index (χ4n) is 1.44. The van der Waals surface area contributed by atoms with Crippen LogP contribution in [0.4, 0.5) is 5.82 Å². The number of aliphatic hydroxyl groups excluding tert-OH is 1. The van der Waals surface area contributed by atoms with Crippen molar-refractivity contribution in [2.75, 3.05) is 5.73 Å². The van der Waals surface area contributed by atoms with Gasteiger partial charge in [0.1, 0.15) is 17.8 Å². The summed E-state index contributed by atoms with van der Waals surface area (Å²) in [6.07, 6.45) is 3.22. The van der Waals surface area contributed by atoms with Gasteiger partial charge >= 0.3 is 0 Å². The number of rotatable bonds is 1. The Morgan fingerprint density at radius 1 is 1.40 bits per heavy atom. The normalized spacial score (nSPS) is 9.87. The van der Waals surface area contributed by atoms with Crippen molar-refractivity contribution in [1.29, 1.82) is 0 Å². The van der Waals surface area contributed by atoms with Crippen molar-refractivity contribution in [2.24, 2.45) is 7.05 Å². The number of anilines is 1. The van der Waals surface area contributed by atoms with Crippen LogP contribution in [0.15, 0.2) is 12.5 Å². The minimum Gasteiger partial charge on any atom is -0.392 e. The van der Waals surface area contributed by atoms with Gasteiger partial charge in [-0.25, -0.2) is 9.97 Å². The Kier molecular flexibility index (Phi) is 3.62. The average molecular weight is 208 g/mol. The van der Waals surface area contributed by atoms with Gasteiger partial charge in [0.05, 0.1) is 12.0 Å². The lowest BCUT2D eigenvalue weighted by molar-refractivity contribution is 0.283. The third-order valence-electron chi connectivity index (χ3n) is 2.03. The lowest BCUT2D eigenvalue weighted by Gasteiger charge is -1.96. The van der Waals surface area contributed by atoms with E-state index < -0.39 is 0 Å². The molecule has 0 aliphatic carbocycles. The minimum atomic E-state index is -0.0467. The zero-order valence-electron chi connectivity index (χ0n) is 9.23. The van der Waals surface area contributed by atoms with Gasteiger partial charge in [-0.15, -0.1) is 0 Å². The van der Waals surface area contributed by atoms with Crippen LogP contribution in [0.3, 0.4) is 0 Å². The van der Waals surface area contributed by atoms with Crippen LogP contribution in [-0.2, 0) is 13.7 Å². The molecule has 0 aliphatic rings. The Hall–Kier alpha value is -1.62. The molecule has 5 heteroatoms. The monoisotopic (exact) mass is 208 g/mol. The summed E-state index contributed by atoms with van der Waals surface area (Å²) in [5, 5.41) is 9.79. The maximum absolute atomic E-state index is 9.05. The molecule has 0 saturated carbocycles. The van der Waals surface area contributed by atoms with Crippen molar-refractivity contribution in [3.63, 3.8) is 0 Å². The highest BCUT2D eigenvalue weighted by atomic mass is 16.3. The number of hydrogen-bond acceptors (Lipinski definition) is 4. The summed E-state index contributed by atoms with van der Waals surface area (Å²) in [4.78, 5) is 7.94. The van der Waals surface area contributed by atoms with Gasteiger partial charge in [0.25, 0.3) is 0 Å². The van der Waals surface area contributed by atoms with Crippen molar-refractivity contribution >= 4 is 16.9 Å². The van der Waals surface area contributed by atoms with Crippen LogP contribution in [-0.4, -0.2) is 19.6 Å². The third kappa shape index (κ3) is 1.92. The van der Waals surface area contributed by atoms with E-state index in [1.807, 2.05) is 25.5 Å². The SMILES string of the molecule is CC.Cn1cc(CO)c2c(N)ncnc21. The molecule has 15 heavy (non-hydrogen) atoms. The summed E-state index contributed by atoms with van der Waals surface area (Å²) in [5.41, 5.74) is 7.18. The molecule has 0 aliphatic heterocycles. The molecule has 0 aromatic carbocycles. The van der Waals surface area contributed by atoms with Crippen molar-refractivity contribution in [1.82, 2.24) is 14.5 Å². The Morgan fingerprint density at radius 2 is 2.07 bits per heavy atom. The highest BCUT2D eigenvalue weighted by Gasteiger charge is 2.09. The van der Waals surface area contributed by atoms with Gasteiger partial charge < -0.3 is 15.4 Å². The number of aliphatic hydroxyl groups is 1. The number of fused-ring (bicyclic) bond motifs is 1. The van der Waals surface area contributed by atoms with E-state index in [-0.39, 0.29) is 6.61 Å². The average Bonchev–Trinajstić information content (AvgIpc) is 2.60. The van der Waals surface area contributed by atoms with E-state index >= 15 is 0 Å². The molecule has 2 aromatic rings. The summed E-state index contributed by atoms with van der Waals surface area (Å²) in [6.45, 7) is 3.95. The summed E-state index contributed by atoms with van der Waals surface area (Å²) in [7, 11) is 1.86. The standard InChI is InChI=1S/C8H10N4O.C2H6/c1-12-2-5(3-13)6-7(9)10-4-11-8(6)12;1-2/h2,4,13H,3H2,1H3,(H2,9,10,11);1-2H3. The Labute approximate surface area is 88.6 Å². The Balaban J connectivity index is 0.000000531. The number of aromatic nitrogens is 3. The van der Waals surface area contributed by atoms with E-state index in [2.05, 4.69) is 9.97 Å². The van der Waals surface area contributed by atoms with Crippen molar-refractivity contribution in [3.05, 3.63) is 18.1 Å². The molecule has 0 bridgehead atoms. The molecule has 0 spiro atoms. The van der Waals surface area contributed by atoms with Gasteiger partial charge in [0, 0.05) is 18.8 Å². The van der Waals surface area contributed by atoms with E-state index in [0.717, 1.165) is 16.6 Å². The van der Waals surface area contributed by atoms with Crippen LogP contribution in [0.5, 0.6) is 0 Å². The highest BCUT2D eigenvalue weighted by molar-refractivity contribution is 5.89. The zero-order valence-corrected chi connectivity index (χ0v) is 9.23. The van der Waals surface area contributed by atoms with Crippen LogP contribution < -0.4 is 5.73 Å². The maximum atomic E-state index is 9.05. The smallest absolute Gasteiger partial charge is 0.145 e. The number of hydrogen-bond donors (Lipinski definition) is 2. The number of nitrogen functional groups attached to an aromatic ring is 1. The molecule has 0 radical (unpaired) electrons. The second-order valence-electron chi connectivity index (χ2n) is 2.88. The van der Waals surface area contributed by atoms with Crippen LogP contribution in [0.2, 0.25) is 0 Å². The predicted molar refractivity (Wildman–Crippen MR) is 60.2 cm³/mol. The lowest BCUT2D eigenvalue weighted by atomic mass is 10.2. The first-order valence-corrected chi connectivity index (χ1v) is 4.89. The zero-order chi connectivity index (χ0) is 11.4. The fourth-order valence-corrected chi connectivity index (χ4v) is 1.44. The van der Waals surface area contributed by atoms with E-state index in [4.69, 9.17) is 10.8 Å². The van der Waals surface area contributed by atoms with E-state index in [9.17, 15) is 0 Å². The second-order valence-corrected chi connectivity index (χ2v) is 2.88. The minimum absolute atomic E-state index is 0.0467. The van der Waals surface area contributed by atoms with Crippen LogP contribution >= 0.6 is 0 Å². The number of nitrogens with zero attached hydrogens (tertiary/aromatic N) is 3. The molecule has 0 saturated heterocycles. The highest BCUT2D eigenvalue weighted by Crippen LogP contribution is 2.22. The maximum Gasteiger partial charge on any atom is 0.145 e. The Morgan fingerprint density at radius 3 is 2.67 bits per heavy atom. The number of aryl methyl sites for hydroxylation is 1. The molecule has 2 rings (SSSR count).